The van der Waals surface area contributed by atoms with Crippen LogP contribution in [0, 0.1) is 0 Å². The fraction of sp³-hybridized carbons (Fsp3) is 0.350. The molecule has 0 radical (unpaired) electrons. The molecule has 1 atom stereocenters. The van der Waals surface area contributed by atoms with E-state index in [1.165, 1.54) is 5.56 Å². The summed E-state index contributed by atoms with van der Waals surface area (Å²) in [4.78, 5) is 14.9. The monoisotopic (exact) mass is 308 g/mol. The summed E-state index contributed by atoms with van der Waals surface area (Å²) in [6.45, 7) is 0.629. The second-order valence-corrected chi connectivity index (χ2v) is 6.55. The number of nitrogens with zero attached hydrogens (tertiary/aromatic N) is 1. The van der Waals surface area contributed by atoms with Gasteiger partial charge in [-0.15, -0.1) is 0 Å². The third kappa shape index (κ3) is 3.30. The molecule has 1 fully saturated rings. The highest BCUT2D eigenvalue weighted by Crippen LogP contribution is 2.48. The molecule has 3 heteroatoms. The van der Waals surface area contributed by atoms with E-state index >= 15 is 0 Å². The Kier molecular flexibility index (Phi) is 4.49. The Morgan fingerprint density at radius 1 is 1.04 bits per heavy atom. The molecule has 2 aromatic rings. The molecule has 23 heavy (non-hydrogen) atoms. The van der Waals surface area contributed by atoms with Crippen LogP contribution in [0.3, 0.4) is 0 Å². The van der Waals surface area contributed by atoms with Crippen LogP contribution in [0.25, 0.3) is 0 Å². The zero-order valence-electron chi connectivity index (χ0n) is 13.8. The molecule has 0 spiro atoms. The van der Waals surface area contributed by atoms with E-state index < -0.39 is 0 Å². The van der Waals surface area contributed by atoms with Gasteiger partial charge in [-0.25, -0.2) is 0 Å². The quantitative estimate of drug-likeness (QED) is 0.889. The topological polar surface area (TPSA) is 32.3 Å². The van der Waals surface area contributed by atoms with Gasteiger partial charge in [-0.3, -0.25) is 4.79 Å². The van der Waals surface area contributed by atoms with Gasteiger partial charge in [0.1, 0.15) is 0 Å². The Morgan fingerprint density at radius 3 is 2.13 bits per heavy atom. The van der Waals surface area contributed by atoms with Crippen molar-refractivity contribution in [3.63, 3.8) is 0 Å². The van der Waals surface area contributed by atoms with E-state index in [0.29, 0.717) is 6.54 Å². The van der Waals surface area contributed by atoms with Gasteiger partial charge in [0, 0.05) is 6.54 Å². The minimum atomic E-state index is -0.297. The van der Waals surface area contributed by atoms with Crippen molar-refractivity contribution in [1.29, 1.82) is 0 Å². The summed E-state index contributed by atoms with van der Waals surface area (Å²) in [5.74, 6) is 0.159. The van der Waals surface area contributed by atoms with Crippen molar-refractivity contribution in [3.05, 3.63) is 71.8 Å². The number of benzene rings is 2. The predicted octanol–water partition coefficient (Wildman–Crippen LogP) is 3.14. The number of carbonyl (C=O) groups excluding carboxylic acids is 1. The van der Waals surface area contributed by atoms with Crippen LogP contribution in [-0.4, -0.2) is 31.4 Å². The van der Waals surface area contributed by atoms with E-state index in [1.54, 1.807) is 0 Å². The molecule has 3 rings (SSSR count). The summed E-state index contributed by atoms with van der Waals surface area (Å²) in [6, 6.07) is 20.7. The first kappa shape index (κ1) is 15.8. The zero-order valence-corrected chi connectivity index (χ0v) is 13.8. The van der Waals surface area contributed by atoms with Gasteiger partial charge in [0.15, 0.2) is 0 Å². The van der Waals surface area contributed by atoms with Gasteiger partial charge < -0.3 is 10.2 Å². The highest BCUT2D eigenvalue weighted by molar-refractivity contribution is 5.91. The standard InChI is InChI=1S/C20H24N2O/c1-22(2)18(16-9-5-3-6-10-16)15-21-19(23)20(13-14-20)17-11-7-4-8-12-17/h3-12,18H,13-15H2,1-2H3,(H,21,23). The third-order valence-electron chi connectivity index (χ3n) is 4.77. The van der Waals surface area contributed by atoms with E-state index in [0.717, 1.165) is 18.4 Å². The lowest BCUT2D eigenvalue weighted by Gasteiger charge is -2.26. The fourth-order valence-electron chi connectivity index (χ4n) is 3.16. The average Bonchev–Trinajstić information content (AvgIpc) is 3.38. The average molecular weight is 308 g/mol. The summed E-state index contributed by atoms with van der Waals surface area (Å²) >= 11 is 0. The molecule has 0 heterocycles. The molecule has 0 aliphatic heterocycles. The lowest BCUT2D eigenvalue weighted by atomic mass is 9.95. The highest BCUT2D eigenvalue weighted by atomic mass is 16.2. The molecule has 1 aliphatic carbocycles. The maximum absolute atomic E-state index is 12.8. The third-order valence-corrected chi connectivity index (χ3v) is 4.77. The van der Waals surface area contributed by atoms with E-state index in [1.807, 2.05) is 50.5 Å². The van der Waals surface area contributed by atoms with Crippen molar-refractivity contribution in [3.8, 4) is 0 Å². The number of nitrogens with one attached hydrogen (secondary N) is 1. The molecule has 1 saturated carbocycles. The summed E-state index contributed by atoms with van der Waals surface area (Å²) in [7, 11) is 4.10. The van der Waals surface area contributed by atoms with Crippen molar-refractivity contribution >= 4 is 5.91 Å². The molecular weight excluding hydrogens is 284 g/mol. The summed E-state index contributed by atoms with van der Waals surface area (Å²) in [6.07, 6.45) is 1.89. The van der Waals surface area contributed by atoms with Crippen LogP contribution in [0.4, 0.5) is 0 Å². The SMILES string of the molecule is CN(C)C(CNC(=O)C1(c2ccccc2)CC1)c1ccccc1. The van der Waals surface area contributed by atoms with Crippen LogP contribution in [0.5, 0.6) is 0 Å². The number of likely N-dealkylation sites (N-methyl/N-ethyl adjacent to an activating group) is 1. The first-order valence-electron chi connectivity index (χ1n) is 8.19. The van der Waals surface area contributed by atoms with E-state index in [-0.39, 0.29) is 17.4 Å². The molecule has 3 nitrogen and oxygen atoms in total. The Bertz CT molecular complexity index is 648. The summed E-state index contributed by atoms with van der Waals surface area (Å²) in [5, 5.41) is 3.18. The summed E-state index contributed by atoms with van der Waals surface area (Å²) < 4.78 is 0. The van der Waals surface area contributed by atoms with Gasteiger partial charge in [0.25, 0.3) is 0 Å². The number of rotatable bonds is 6. The van der Waals surface area contributed by atoms with Crippen LogP contribution in [0.2, 0.25) is 0 Å². The smallest absolute Gasteiger partial charge is 0.230 e. The highest BCUT2D eigenvalue weighted by Gasteiger charge is 2.51. The number of hydrogen-bond donors (Lipinski definition) is 1. The zero-order chi connectivity index (χ0) is 16.3. The molecular formula is C20H24N2O. The fourth-order valence-corrected chi connectivity index (χ4v) is 3.16. The minimum absolute atomic E-state index is 0.159. The number of hydrogen-bond acceptors (Lipinski definition) is 2. The molecule has 0 bridgehead atoms. The van der Waals surface area contributed by atoms with E-state index in [4.69, 9.17) is 0 Å². The molecule has 1 amide bonds. The van der Waals surface area contributed by atoms with Crippen LogP contribution >= 0.6 is 0 Å². The Balaban J connectivity index is 1.69. The van der Waals surface area contributed by atoms with Crippen molar-refractivity contribution < 1.29 is 4.79 Å². The van der Waals surface area contributed by atoms with Crippen molar-refractivity contribution in [2.45, 2.75) is 24.3 Å². The van der Waals surface area contributed by atoms with Gasteiger partial charge in [0.05, 0.1) is 11.5 Å². The second-order valence-electron chi connectivity index (χ2n) is 6.55. The Labute approximate surface area is 138 Å². The molecule has 1 N–H and O–H groups in total. The minimum Gasteiger partial charge on any atom is -0.353 e. The predicted molar refractivity (Wildman–Crippen MR) is 93.2 cm³/mol. The number of amides is 1. The normalized spacial score (nSPS) is 16.8. The molecule has 1 aliphatic rings. The largest absolute Gasteiger partial charge is 0.353 e. The Hall–Kier alpha value is -2.13. The second kappa shape index (κ2) is 6.55. The maximum Gasteiger partial charge on any atom is 0.230 e. The molecule has 0 aromatic heterocycles. The summed E-state index contributed by atoms with van der Waals surface area (Å²) in [5.41, 5.74) is 2.07. The lowest BCUT2D eigenvalue weighted by Crippen LogP contribution is -2.40. The maximum atomic E-state index is 12.8. The van der Waals surface area contributed by atoms with Crippen LogP contribution in [-0.2, 0) is 10.2 Å². The Morgan fingerprint density at radius 2 is 1.61 bits per heavy atom. The van der Waals surface area contributed by atoms with Gasteiger partial charge in [0.2, 0.25) is 5.91 Å². The molecule has 1 unspecified atom stereocenters. The molecule has 0 saturated heterocycles. The first-order chi connectivity index (χ1) is 11.1. The van der Waals surface area contributed by atoms with Crippen LogP contribution < -0.4 is 5.32 Å². The van der Waals surface area contributed by atoms with Crippen LogP contribution in [0.15, 0.2) is 60.7 Å². The van der Waals surface area contributed by atoms with Gasteiger partial charge in [-0.05, 0) is 38.1 Å². The van der Waals surface area contributed by atoms with Crippen molar-refractivity contribution in [2.24, 2.45) is 0 Å². The molecule has 120 valence electrons. The van der Waals surface area contributed by atoms with Gasteiger partial charge in [-0.1, -0.05) is 60.7 Å². The van der Waals surface area contributed by atoms with E-state index in [9.17, 15) is 4.79 Å². The van der Waals surface area contributed by atoms with Gasteiger partial charge >= 0.3 is 0 Å². The number of carbonyl (C=O) groups is 1. The van der Waals surface area contributed by atoms with Crippen molar-refractivity contribution in [1.82, 2.24) is 10.2 Å². The van der Waals surface area contributed by atoms with E-state index in [2.05, 4.69) is 34.5 Å². The molecule has 2 aromatic carbocycles. The van der Waals surface area contributed by atoms with Crippen LogP contribution in [0.1, 0.15) is 30.0 Å². The van der Waals surface area contributed by atoms with Crippen molar-refractivity contribution in [2.75, 3.05) is 20.6 Å². The lowest BCUT2D eigenvalue weighted by molar-refractivity contribution is -0.123. The van der Waals surface area contributed by atoms with Gasteiger partial charge in [-0.2, -0.15) is 0 Å². The first-order valence-corrected chi connectivity index (χ1v) is 8.19.